The zero-order chi connectivity index (χ0) is 20.7. The monoisotopic (exact) mass is 402 g/mol. The molecule has 2 aliphatic rings. The third kappa shape index (κ3) is 3.47. The molecule has 1 fully saturated rings. The van der Waals surface area contributed by atoms with Crippen molar-refractivity contribution in [2.24, 2.45) is 0 Å². The van der Waals surface area contributed by atoms with E-state index in [4.69, 9.17) is 4.74 Å². The Bertz CT molecular complexity index is 1070. The highest BCUT2D eigenvalue weighted by Gasteiger charge is 2.30. The van der Waals surface area contributed by atoms with E-state index in [1.54, 1.807) is 19.3 Å². The number of carbonyl (C=O) groups is 1. The van der Waals surface area contributed by atoms with Crippen LogP contribution in [0.2, 0.25) is 0 Å². The topological polar surface area (TPSA) is 60.2 Å². The van der Waals surface area contributed by atoms with Crippen LogP contribution in [0.5, 0.6) is 5.75 Å². The first-order valence-corrected chi connectivity index (χ1v) is 10.6. The highest BCUT2D eigenvalue weighted by molar-refractivity contribution is 5.95. The third-order valence-corrected chi connectivity index (χ3v) is 6.05. The molecule has 0 spiro atoms. The minimum atomic E-state index is 0.0674. The molecule has 1 atom stereocenters. The Hall–Kier alpha value is -3.15. The number of hydrogen-bond donors (Lipinski definition) is 0. The van der Waals surface area contributed by atoms with E-state index in [-0.39, 0.29) is 11.9 Å². The highest BCUT2D eigenvalue weighted by Crippen LogP contribution is 2.44. The first kappa shape index (κ1) is 18.9. The van der Waals surface area contributed by atoms with Crippen molar-refractivity contribution < 1.29 is 9.53 Å². The number of benzene rings is 1. The van der Waals surface area contributed by atoms with Crippen LogP contribution in [0.1, 0.15) is 50.3 Å². The predicted molar refractivity (Wildman–Crippen MR) is 115 cm³/mol. The molecule has 1 saturated carbocycles. The van der Waals surface area contributed by atoms with Gasteiger partial charge in [0.1, 0.15) is 12.4 Å². The summed E-state index contributed by atoms with van der Waals surface area (Å²) in [6.45, 7) is 4.20. The Morgan fingerprint density at radius 3 is 2.70 bits per heavy atom. The molecule has 3 heterocycles. The number of anilines is 1. The minimum absolute atomic E-state index is 0.0674. The fourth-order valence-electron chi connectivity index (χ4n) is 4.33. The number of aromatic nitrogens is 3. The number of carbonyl (C=O) groups excluding carboxylic acids is 1. The second-order valence-electron chi connectivity index (χ2n) is 8.30. The van der Waals surface area contributed by atoms with Crippen molar-refractivity contribution in [1.82, 2.24) is 14.8 Å². The average Bonchev–Trinajstić information content (AvgIpc) is 3.49. The van der Waals surface area contributed by atoms with E-state index in [2.05, 4.69) is 40.0 Å². The molecule has 1 aromatic carbocycles. The van der Waals surface area contributed by atoms with Crippen molar-refractivity contribution in [1.29, 1.82) is 0 Å². The molecule has 0 unspecified atom stereocenters. The van der Waals surface area contributed by atoms with Gasteiger partial charge >= 0.3 is 0 Å². The zero-order valence-electron chi connectivity index (χ0n) is 17.4. The van der Waals surface area contributed by atoms with Gasteiger partial charge in [0.2, 0.25) is 5.91 Å². The van der Waals surface area contributed by atoms with Crippen LogP contribution >= 0.6 is 0 Å². The predicted octanol–water partition coefficient (Wildman–Crippen LogP) is 4.55. The molecular formula is C24H26N4O2. The van der Waals surface area contributed by atoms with Gasteiger partial charge in [-0.3, -0.25) is 14.5 Å². The number of nitrogens with zero attached hydrogens (tertiary/aromatic N) is 4. The molecule has 0 saturated heterocycles. The van der Waals surface area contributed by atoms with Gasteiger partial charge in [0, 0.05) is 48.2 Å². The van der Waals surface area contributed by atoms with Gasteiger partial charge in [0.05, 0.1) is 17.9 Å². The van der Waals surface area contributed by atoms with Gasteiger partial charge in [-0.1, -0.05) is 0 Å². The van der Waals surface area contributed by atoms with Crippen LogP contribution in [0, 0.1) is 0 Å². The fraction of sp³-hybridized carbons (Fsp3) is 0.375. The molecule has 6 heteroatoms. The third-order valence-electron chi connectivity index (χ3n) is 6.05. The fourth-order valence-corrected chi connectivity index (χ4v) is 4.33. The van der Waals surface area contributed by atoms with Crippen molar-refractivity contribution in [3.05, 3.63) is 60.2 Å². The lowest BCUT2D eigenvalue weighted by Crippen LogP contribution is -2.40. The summed E-state index contributed by atoms with van der Waals surface area (Å²) >= 11 is 0. The Labute approximate surface area is 176 Å². The number of amides is 1. The summed E-state index contributed by atoms with van der Waals surface area (Å²) in [5.41, 5.74) is 5.23. The highest BCUT2D eigenvalue weighted by atomic mass is 16.5. The van der Waals surface area contributed by atoms with Crippen LogP contribution in [0.25, 0.3) is 11.1 Å². The summed E-state index contributed by atoms with van der Waals surface area (Å²) in [6.07, 6.45) is 11.8. The summed E-state index contributed by atoms with van der Waals surface area (Å²) < 4.78 is 8.48. The van der Waals surface area contributed by atoms with E-state index in [0.29, 0.717) is 12.6 Å². The Balaban J connectivity index is 1.58. The number of rotatable bonds is 5. The first-order valence-electron chi connectivity index (χ1n) is 10.6. The smallest absolute Gasteiger partial charge is 0.224 e. The normalized spacial score (nSPS) is 18.2. The van der Waals surface area contributed by atoms with E-state index in [1.165, 1.54) is 12.8 Å². The second-order valence-corrected chi connectivity index (χ2v) is 8.30. The summed E-state index contributed by atoms with van der Waals surface area (Å²) in [6, 6.07) is 8.78. The van der Waals surface area contributed by atoms with E-state index >= 15 is 0 Å². The van der Waals surface area contributed by atoms with Crippen molar-refractivity contribution in [2.75, 3.05) is 4.90 Å². The lowest BCUT2D eigenvalue weighted by atomic mass is 9.92. The molecule has 1 amide bonds. The Kier molecular flexibility index (Phi) is 4.77. The lowest BCUT2D eigenvalue weighted by Gasteiger charge is -2.36. The largest absolute Gasteiger partial charge is 0.488 e. The van der Waals surface area contributed by atoms with Gasteiger partial charge in [-0.15, -0.1) is 0 Å². The van der Waals surface area contributed by atoms with Crippen LogP contribution in [0.15, 0.2) is 49.1 Å². The summed E-state index contributed by atoms with van der Waals surface area (Å²) in [5.74, 6) is 0.927. The molecule has 2 aromatic heterocycles. The van der Waals surface area contributed by atoms with Gasteiger partial charge in [-0.2, -0.15) is 5.10 Å². The van der Waals surface area contributed by atoms with E-state index < -0.39 is 0 Å². The van der Waals surface area contributed by atoms with Crippen molar-refractivity contribution in [3.8, 4) is 16.9 Å². The average molecular weight is 402 g/mol. The zero-order valence-corrected chi connectivity index (χ0v) is 17.4. The van der Waals surface area contributed by atoms with Crippen LogP contribution in [-0.4, -0.2) is 26.7 Å². The van der Waals surface area contributed by atoms with Gasteiger partial charge in [0.25, 0.3) is 0 Å². The van der Waals surface area contributed by atoms with Gasteiger partial charge in [-0.05, 0) is 62.4 Å². The summed E-state index contributed by atoms with van der Waals surface area (Å²) in [5, 5.41) is 4.57. The molecule has 1 aliphatic carbocycles. The summed E-state index contributed by atoms with van der Waals surface area (Å²) in [4.78, 5) is 18.4. The van der Waals surface area contributed by atoms with Crippen LogP contribution < -0.4 is 9.64 Å². The van der Waals surface area contributed by atoms with Crippen LogP contribution in [0.3, 0.4) is 0 Å². The Morgan fingerprint density at radius 2 is 1.97 bits per heavy atom. The second kappa shape index (κ2) is 7.59. The molecule has 0 N–H and O–H groups in total. The van der Waals surface area contributed by atoms with Crippen LogP contribution in [-0.2, 0) is 17.8 Å². The molecule has 0 radical (unpaired) electrons. The SMILES string of the molecule is CC(=O)N1c2ccc(-c3cnn(C4CC4)c3)c(OCc3ccncc3)c2CC[C@@H]1C. The maximum absolute atomic E-state index is 12.4. The molecule has 3 aromatic rings. The van der Waals surface area contributed by atoms with Crippen molar-refractivity contribution in [2.45, 2.75) is 58.2 Å². The molecule has 6 nitrogen and oxygen atoms in total. The number of pyridine rings is 1. The molecule has 30 heavy (non-hydrogen) atoms. The lowest BCUT2D eigenvalue weighted by molar-refractivity contribution is -0.117. The molecule has 154 valence electrons. The van der Waals surface area contributed by atoms with E-state index in [0.717, 1.165) is 46.5 Å². The van der Waals surface area contributed by atoms with Crippen molar-refractivity contribution in [3.63, 3.8) is 0 Å². The van der Waals surface area contributed by atoms with Gasteiger partial charge < -0.3 is 9.64 Å². The summed E-state index contributed by atoms with van der Waals surface area (Å²) in [7, 11) is 0. The molecule has 0 bridgehead atoms. The minimum Gasteiger partial charge on any atom is -0.488 e. The van der Waals surface area contributed by atoms with Crippen molar-refractivity contribution >= 4 is 11.6 Å². The molecule has 5 rings (SSSR count). The number of hydrogen-bond acceptors (Lipinski definition) is 4. The molecular weight excluding hydrogens is 376 g/mol. The van der Waals surface area contributed by atoms with E-state index in [9.17, 15) is 4.79 Å². The number of ether oxygens (including phenoxy) is 1. The molecule has 1 aliphatic heterocycles. The maximum atomic E-state index is 12.4. The quantitative estimate of drug-likeness (QED) is 0.628. The van der Waals surface area contributed by atoms with Gasteiger partial charge in [-0.25, -0.2) is 0 Å². The maximum Gasteiger partial charge on any atom is 0.224 e. The Morgan fingerprint density at radius 1 is 1.17 bits per heavy atom. The number of fused-ring (bicyclic) bond motifs is 1. The van der Waals surface area contributed by atoms with Crippen LogP contribution in [0.4, 0.5) is 5.69 Å². The first-order chi connectivity index (χ1) is 14.6. The van der Waals surface area contributed by atoms with Gasteiger partial charge in [0.15, 0.2) is 0 Å². The standard InChI is InChI=1S/C24H26N4O2/c1-16-3-6-22-23(28(16)17(2)29)8-7-21(19-13-26-27(14-19)20-4-5-20)24(22)30-15-18-9-11-25-12-10-18/h7-14,16,20H,3-6,15H2,1-2H3/t16-/m0/s1. The van der Waals surface area contributed by atoms with E-state index in [1.807, 2.05) is 23.2 Å².